The molecule has 1 heterocycles. The van der Waals surface area contributed by atoms with E-state index in [-0.39, 0.29) is 0 Å². The lowest BCUT2D eigenvalue weighted by Crippen LogP contribution is -2.23. The summed E-state index contributed by atoms with van der Waals surface area (Å²) in [5.74, 6) is 0.464. The summed E-state index contributed by atoms with van der Waals surface area (Å²) < 4.78 is 5.12. The molecule has 0 spiro atoms. The zero-order chi connectivity index (χ0) is 9.14. The summed E-state index contributed by atoms with van der Waals surface area (Å²) in [6, 6.07) is 4.88. The average molecular weight is 164 g/mol. The van der Waals surface area contributed by atoms with Crippen molar-refractivity contribution in [1.29, 1.82) is 5.26 Å². The van der Waals surface area contributed by atoms with Crippen LogP contribution in [0, 0.1) is 18.3 Å². The monoisotopic (exact) mass is 164 g/mol. The molecule has 4 nitrogen and oxygen atoms in total. The first-order valence-electron chi connectivity index (χ1n) is 3.39. The third kappa shape index (κ3) is 1.45. The molecule has 1 aromatic heterocycles. The molecule has 0 aliphatic rings. The van der Waals surface area contributed by atoms with Gasteiger partial charge in [-0.05, 0) is 13.0 Å². The van der Waals surface area contributed by atoms with Gasteiger partial charge in [0.2, 0.25) is 5.88 Å². The molecule has 1 aromatic rings. The fourth-order valence-corrected chi connectivity index (χ4v) is 0.777. The van der Waals surface area contributed by atoms with Crippen molar-refractivity contribution in [2.45, 2.75) is 6.92 Å². The molecule has 0 fully saturated rings. The second kappa shape index (κ2) is 3.09. The second-order valence-electron chi connectivity index (χ2n) is 2.36. The first-order chi connectivity index (χ1) is 5.65. The summed E-state index contributed by atoms with van der Waals surface area (Å²) in [7, 11) is 1.49. The Morgan fingerprint density at radius 1 is 1.67 bits per heavy atom. The number of rotatable bonds is 1. The maximum Gasteiger partial charge on any atom is 0.331 e. The average Bonchev–Trinajstić information content (AvgIpc) is 2.49. The molecule has 62 valence electrons. The number of nitrogens with zero attached hydrogens (tertiary/aromatic N) is 2. The normalized spacial score (nSPS) is 9.08. The number of hydrogen-bond acceptors (Lipinski definition) is 3. The van der Waals surface area contributed by atoms with Crippen LogP contribution in [0.4, 0.5) is 5.88 Å². The smallest absolute Gasteiger partial charge is 0.331 e. The maximum atomic E-state index is 10.8. The highest BCUT2D eigenvalue weighted by Gasteiger charge is 2.11. The molecule has 0 bridgehead atoms. The van der Waals surface area contributed by atoms with Gasteiger partial charge in [-0.2, -0.15) is 5.26 Å². The third-order valence-electron chi connectivity index (χ3n) is 1.46. The fraction of sp³-hybridized carbons (Fsp3) is 0.250. The molecule has 12 heavy (non-hydrogen) atoms. The Morgan fingerprint density at radius 3 is 2.75 bits per heavy atom. The first kappa shape index (κ1) is 8.34. The van der Waals surface area contributed by atoms with Crippen molar-refractivity contribution in [2.24, 2.45) is 0 Å². The Labute approximate surface area is 70.0 Å². The molecule has 1 amide bonds. The summed E-state index contributed by atoms with van der Waals surface area (Å²) in [5, 5.41) is 8.29. The Bertz CT molecular complexity index is 335. The van der Waals surface area contributed by atoms with Crippen LogP contribution in [0.25, 0.3) is 0 Å². The Kier molecular flexibility index (Phi) is 2.15. The van der Waals surface area contributed by atoms with E-state index in [1.165, 1.54) is 13.1 Å². The van der Waals surface area contributed by atoms with Crippen molar-refractivity contribution >= 4 is 11.8 Å². The predicted octanol–water partition coefficient (Wildman–Crippen LogP) is 1.07. The van der Waals surface area contributed by atoms with E-state index in [2.05, 4.69) is 0 Å². The number of nitriles is 1. The topological polar surface area (TPSA) is 57.2 Å². The van der Waals surface area contributed by atoms with Gasteiger partial charge in [-0.3, -0.25) is 9.69 Å². The van der Waals surface area contributed by atoms with Gasteiger partial charge in [-0.15, -0.1) is 0 Å². The quantitative estimate of drug-likeness (QED) is 0.583. The first-order valence-corrected chi connectivity index (χ1v) is 3.39. The highest BCUT2D eigenvalue weighted by molar-refractivity contribution is 6.02. The molecular weight excluding hydrogens is 156 g/mol. The van der Waals surface area contributed by atoms with Gasteiger partial charge < -0.3 is 4.42 Å². The van der Waals surface area contributed by atoms with Crippen molar-refractivity contribution in [3.63, 3.8) is 0 Å². The molecule has 0 unspecified atom stereocenters. The van der Waals surface area contributed by atoms with Gasteiger partial charge >= 0.3 is 5.91 Å². The van der Waals surface area contributed by atoms with Gasteiger partial charge in [0.15, 0.2) is 6.07 Å². The lowest BCUT2D eigenvalue weighted by molar-refractivity contribution is -0.113. The molecule has 0 atom stereocenters. The van der Waals surface area contributed by atoms with Crippen molar-refractivity contribution in [1.82, 2.24) is 0 Å². The number of aryl methyl sites for hydroxylation is 1. The van der Waals surface area contributed by atoms with Crippen LogP contribution in [0.2, 0.25) is 0 Å². The molecule has 0 aromatic carbocycles. The van der Waals surface area contributed by atoms with E-state index >= 15 is 0 Å². The number of carbonyl (C=O) groups excluding carboxylic acids is 1. The second-order valence-corrected chi connectivity index (χ2v) is 2.36. The van der Waals surface area contributed by atoms with E-state index in [1.807, 2.05) is 0 Å². The molecule has 0 radical (unpaired) electrons. The standard InChI is InChI=1S/C8H8N2O2/c1-6-3-4-8(12-6)10(2)7(11)5-9/h3-4H,1-2H3. The van der Waals surface area contributed by atoms with E-state index in [4.69, 9.17) is 9.68 Å². The summed E-state index contributed by atoms with van der Waals surface area (Å²) in [5.41, 5.74) is 0. The highest BCUT2D eigenvalue weighted by atomic mass is 16.4. The van der Waals surface area contributed by atoms with E-state index in [9.17, 15) is 4.79 Å². The Hall–Kier alpha value is -1.76. The minimum Gasteiger partial charge on any atom is -0.445 e. The largest absolute Gasteiger partial charge is 0.445 e. The van der Waals surface area contributed by atoms with E-state index in [0.29, 0.717) is 11.6 Å². The molecule has 0 saturated carbocycles. The maximum absolute atomic E-state index is 10.8. The van der Waals surface area contributed by atoms with Crippen LogP contribution in [0.1, 0.15) is 5.76 Å². The fourth-order valence-electron chi connectivity index (χ4n) is 0.777. The van der Waals surface area contributed by atoms with Crippen molar-refractivity contribution in [2.75, 3.05) is 11.9 Å². The van der Waals surface area contributed by atoms with Crippen molar-refractivity contribution < 1.29 is 9.21 Å². The summed E-state index contributed by atoms with van der Waals surface area (Å²) in [6.07, 6.45) is 0. The summed E-state index contributed by atoms with van der Waals surface area (Å²) in [4.78, 5) is 12.0. The Balaban J connectivity index is 2.86. The van der Waals surface area contributed by atoms with E-state index in [0.717, 1.165) is 4.90 Å². The van der Waals surface area contributed by atoms with Gasteiger partial charge in [-0.25, -0.2) is 0 Å². The molecular formula is C8H8N2O2. The summed E-state index contributed by atoms with van der Waals surface area (Å²) in [6.45, 7) is 1.77. The van der Waals surface area contributed by atoms with E-state index < -0.39 is 5.91 Å². The van der Waals surface area contributed by atoms with E-state index in [1.54, 1.807) is 19.1 Å². The molecule has 0 aliphatic carbocycles. The van der Waals surface area contributed by atoms with Gasteiger partial charge in [0.1, 0.15) is 5.76 Å². The number of hydrogen-bond donors (Lipinski definition) is 0. The summed E-state index contributed by atoms with van der Waals surface area (Å²) >= 11 is 0. The Morgan fingerprint density at radius 2 is 2.33 bits per heavy atom. The van der Waals surface area contributed by atoms with Crippen molar-refractivity contribution in [3.8, 4) is 6.07 Å². The van der Waals surface area contributed by atoms with Gasteiger partial charge in [0, 0.05) is 13.1 Å². The zero-order valence-corrected chi connectivity index (χ0v) is 6.87. The van der Waals surface area contributed by atoms with Gasteiger partial charge in [-0.1, -0.05) is 0 Å². The van der Waals surface area contributed by atoms with Crippen LogP contribution in [0.3, 0.4) is 0 Å². The van der Waals surface area contributed by atoms with Crippen molar-refractivity contribution in [3.05, 3.63) is 17.9 Å². The van der Waals surface area contributed by atoms with Crippen LogP contribution < -0.4 is 4.90 Å². The number of anilines is 1. The molecule has 0 N–H and O–H groups in total. The van der Waals surface area contributed by atoms with Crippen LogP contribution in [-0.2, 0) is 4.79 Å². The number of amides is 1. The number of carbonyl (C=O) groups is 1. The van der Waals surface area contributed by atoms with Crippen LogP contribution >= 0.6 is 0 Å². The van der Waals surface area contributed by atoms with Gasteiger partial charge in [0.25, 0.3) is 0 Å². The number of furan rings is 1. The minimum absolute atomic E-state index is 0.388. The van der Waals surface area contributed by atoms with Crippen LogP contribution in [-0.4, -0.2) is 13.0 Å². The molecule has 0 aliphatic heterocycles. The highest BCUT2D eigenvalue weighted by Crippen LogP contribution is 2.15. The molecule has 4 heteroatoms. The lowest BCUT2D eigenvalue weighted by Gasteiger charge is -2.07. The van der Waals surface area contributed by atoms with Crippen LogP contribution in [0.5, 0.6) is 0 Å². The SMILES string of the molecule is Cc1ccc(N(C)C(=O)C#N)o1. The molecule has 1 rings (SSSR count). The molecule has 0 saturated heterocycles. The van der Waals surface area contributed by atoms with Crippen LogP contribution in [0.15, 0.2) is 16.5 Å². The lowest BCUT2D eigenvalue weighted by atomic mass is 10.5. The van der Waals surface area contributed by atoms with Gasteiger partial charge in [0.05, 0.1) is 0 Å². The minimum atomic E-state index is -0.635. The zero-order valence-electron chi connectivity index (χ0n) is 6.87. The predicted molar refractivity (Wildman–Crippen MR) is 42.5 cm³/mol. The third-order valence-corrected chi connectivity index (χ3v) is 1.46.